The Bertz CT molecular complexity index is 539. The summed E-state index contributed by atoms with van der Waals surface area (Å²) in [5, 5.41) is 4.69. The van der Waals surface area contributed by atoms with Gasteiger partial charge in [0.2, 0.25) is 0 Å². The molecule has 19 heavy (non-hydrogen) atoms. The van der Waals surface area contributed by atoms with Gasteiger partial charge in [-0.2, -0.15) is 13.2 Å². The molecule has 0 spiro atoms. The lowest BCUT2D eigenvalue weighted by Gasteiger charge is -2.10. The van der Waals surface area contributed by atoms with E-state index in [1.54, 1.807) is 5.51 Å². The summed E-state index contributed by atoms with van der Waals surface area (Å²) in [5.41, 5.74) is 7.14. The van der Waals surface area contributed by atoms with Crippen LogP contribution in [0.15, 0.2) is 23.0 Å². The van der Waals surface area contributed by atoms with Crippen LogP contribution in [0.4, 0.5) is 24.8 Å². The van der Waals surface area contributed by atoms with Crippen LogP contribution in [0.5, 0.6) is 0 Å². The van der Waals surface area contributed by atoms with E-state index in [-0.39, 0.29) is 11.6 Å². The highest BCUT2D eigenvalue weighted by molar-refractivity contribution is 7.07. The Morgan fingerprint density at radius 2 is 2.11 bits per heavy atom. The van der Waals surface area contributed by atoms with E-state index in [4.69, 9.17) is 5.73 Å². The van der Waals surface area contributed by atoms with Gasteiger partial charge in [-0.15, -0.1) is 11.3 Å². The maximum atomic E-state index is 12.6. The predicted molar refractivity (Wildman–Crippen MR) is 68.0 cm³/mol. The number of hydrogen-bond donors (Lipinski definition) is 2. The normalized spacial score (nSPS) is 11.5. The van der Waals surface area contributed by atoms with E-state index in [2.05, 4.69) is 15.3 Å². The minimum absolute atomic E-state index is 0.113. The maximum Gasteiger partial charge on any atom is 0.416 e. The van der Waals surface area contributed by atoms with E-state index < -0.39 is 11.7 Å². The molecule has 2 aromatic rings. The number of halogens is 3. The van der Waals surface area contributed by atoms with Gasteiger partial charge in [0, 0.05) is 18.3 Å². The summed E-state index contributed by atoms with van der Waals surface area (Å²) in [7, 11) is 0. The van der Waals surface area contributed by atoms with Crippen molar-refractivity contribution in [1.82, 2.24) is 9.97 Å². The Kier molecular flexibility index (Phi) is 3.89. The van der Waals surface area contributed by atoms with Crippen molar-refractivity contribution in [2.24, 2.45) is 0 Å². The van der Waals surface area contributed by atoms with Crippen LogP contribution in [0, 0.1) is 0 Å². The van der Waals surface area contributed by atoms with E-state index in [9.17, 15) is 13.2 Å². The van der Waals surface area contributed by atoms with Gasteiger partial charge in [-0.05, 0) is 12.1 Å². The van der Waals surface area contributed by atoms with Crippen LogP contribution in [-0.4, -0.2) is 16.5 Å². The molecule has 102 valence electrons. The monoisotopic (exact) mass is 288 g/mol. The Balaban J connectivity index is 2.02. The lowest BCUT2D eigenvalue weighted by molar-refractivity contribution is -0.137. The molecule has 2 rings (SSSR count). The minimum atomic E-state index is -4.43. The standard InChI is InChI=1S/C11H11F3N4S/c12-11(13,14)7-3-9(15)18-10(4-7)16-2-1-8-5-19-6-17-8/h3-6H,1-2H2,(H3,15,16,18). The van der Waals surface area contributed by atoms with Crippen LogP contribution in [0.3, 0.4) is 0 Å². The van der Waals surface area contributed by atoms with Crippen LogP contribution in [0.2, 0.25) is 0 Å². The van der Waals surface area contributed by atoms with Gasteiger partial charge in [-0.3, -0.25) is 0 Å². The molecule has 8 heteroatoms. The van der Waals surface area contributed by atoms with Crippen LogP contribution >= 0.6 is 11.3 Å². The number of anilines is 2. The number of rotatable bonds is 4. The first-order chi connectivity index (χ1) is 8.95. The van der Waals surface area contributed by atoms with Crippen molar-refractivity contribution >= 4 is 23.0 Å². The van der Waals surface area contributed by atoms with E-state index >= 15 is 0 Å². The molecule has 0 saturated carbocycles. The number of alkyl halides is 3. The molecule has 0 saturated heterocycles. The molecular weight excluding hydrogens is 277 g/mol. The molecule has 0 aliphatic carbocycles. The molecule has 4 nitrogen and oxygen atoms in total. The van der Waals surface area contributed by atoms with Gasteiger partial charge in [-0.1, -0.05) is 0 Å². The summed E-state index contributed by atoms with van der Waals surface area (Å²) in [5.74, 6) is -0.0477. The highest BCUT2D eigenvalue weighted by Gasteiger charge is 2.31. The fourth-order valence-corrected chi connectivity index (χ4v) is 2.08. The van der Waals surface area contributed by atoms with Crippen molar-refractivity contribution in [2.75, 3.05) is 17.6 Å². The van der Waals surface area contributed by atoms with Gasteiger partial charge in [0.15, 0.2) is 0 Å². The maximum absolute atomic E-state index is 12.6. The third-order valence-corrected chi connectivity index (χ3v) is 2.98. The number of nitrogens with one attached hydrogen (secondary N) is 1. The number of nitrogens with zero attached hydrogens (tertiary/aromatic N) is 2. The topological polar surface area (TPSA) is 63.8 Å². The van der Waals surface area contributed by atoms with Gasteiger partial charge >= 0.3 is 6.18 Å². The van der Waals surface area contributed by atoms with Crippen LogP contribution in [-0.2, 0) is 12.6 Å². The molecule has 2 heterocycles. The third-order valence-electron chi connectivity index (χ3n) is 2.34. The van der Waals surface area contributed by atoms with E-state index in [0.717, 1.165) is 17.8 Å². The number of thiazole rings is 1. The average molecular weight is 288 g/mol. The zero-order valence-corrected chi connectivity index (χ0v) is 10.6. The van der Waals surface area contributed by atoms with Crippen molar-refractivity contribution in [2.45, 2.75) is 12.6 Å². The summed E-state index contributed by atoms with van der Waals surface area (Å²) in [4.78, 5) is 7.89. The highest BCUT2D eigenvalue weighted by atomic mass is 32.1. The van der Waals surface area contributed by atoms with Gasteiger partial charge in [-0.25, -0.2) is 9.97 Å². The zero-order valence-electron chi connectivity index (χ0n) is 9.74. The number of nitrogens with two attached hydrogens (primary N) is 1. The number of aromatic nitrogens is 2. The highest BCUT2D eigenvalue weighted by Crippen LogP contribution is 2.31. The second-order valence-electron chi connectivity index (χ2n) is 3.82. The zero-order chi connectivity index (χ0) is 13.9. The molecule has 0 aliphatic heterocycles. The van der Waals surface area contributed by atoms with Gasteiger partial charge in [0.1, 0.15) is 11.6 Å². The Morgan fingerprint density at radius 3 is 2.74 bits per heavy atom. The van der Waals surface area contributed by atoms with Crippen LogP contribution < -0.4 is 11.1 Å². The summed E-state index contributed by atoms with van der Waals surface area (Å²) in [6.07, 6.45) is -3.82. The lowest BCUT2D eigenvalue weighted by Crippen LogP contribution is -2.11. The Morgan fingerprint density at radius 1 is 1.32 bits per heavy atom. The first-order valence-corrected chi connectivity index (χ1v) is 6.35. The fourth-order valence-electron chi connectivity index (χ4n) is 1.49. The largest absolute Gasteiger partial charge is 0.416 e. The number of nitrogen functional groups attached to an aromatic ring is 1. The Labute approximate surface area is 111 Å². The molecule has 0 bridgehead atoms. The SMILES string of the molecule is Nc1cc(C(F)(F)F)cc(NCCc2cscn2)n1. The van der Waals surface area contributed by atoms with Crippen molar-refractivity contribution in [3.8, 4) is 0 Å². The molecule has 3 N–H and O–H groups in total. The molecule has 0 fully saturated rings. The predicted octanol–water partition coefficient (Wildman–Crippen LogP) is 2.79. The van der Waals surface area contributed by atoms with Gasteiger partial charge in [0.25, 0.3) is 0 Å². The molecular formula is C11H11F3N4S. The smallest absolute Gasteiger partial charge is 0.384 e. The first-order valence-electron chi connectivity index (χ1n) is 5.41. The second kappa shape index (κ2) is 5.43. The van der Waals surface area contributed by atoms with Crippen molar-refractivity contribution in [1.29, 1.82) is 0 Å². The molecule has 0 unspecified atom stereocenters. The fraction of sp³-hybridized carbons (Fsp3) is 0.273. The number of hydrogen-bond acceptors (Lipinski definition) is 5. The molecule has 0 amide bonds. The molecule has 0 radical (unpaired) electrons. The van der Waals surface area contributed by atoms with Crippen LogP contribution in [0.1, 0.15) is 11.3 Å². The van der Waals surface area contributed by atoms with E-state index in [1.165, 1.54) is 11.3 Å². The second-order valence-corrected chi connectivity index (χ2v) is 4.54. The molecule has 0 aromatic carbocycles. The third kappa shape index (κ3) is 3.82. The first kappa shape index (κ1) is 13.6. The number of pyridine rings is 1. The molecule has 0 atom stereocenters. The van der Waals surface area contributed by atoms with E-state index in [1.807, 2.05) is 5.38 Å². The quantitative estimate of drug-likeness (QED) is 0.908. The van der Waals surface area contributed by atoms with Crippen molar-refractivity contribution in [3.63, 3.8) is 0 Å². The summed E-state index contributed by atoms with van der Waals surface area (Å²) < 4.78 is 37.7. The summed E-state index contributed by atoms with van der Waals surface area (Å²) >= 11 is 1.47. The molecule has 0 aliphatic rings. The van der Waals surface area contributed by atoms with Crippen molar-refractivity contribution < 1.29 is 13.2 Å². The van der Waals surface area contributed by atoms with Crippen LogP contribution in [0.25, 0.3) is 0 Å². The Hall–Kier alpha value is -1.83. The minimum Gasteiger partial charge on any atom is -0.384 e. The van der Waals surface area contributed by atoms with Crippen molar-refractivity contribution in [3.05, 3.63) is 34.3 Å². The lowest BCUT2D eigenvalue weighted by atomic mass is 10.2. The average Bonchev–Trinajstić information content (AvgIpc) is 2.80. The van der Waals surface area contributed by atoms with E-state index in [0.29, 0.717) is 13.0 Å². The summed E-state index contributed by atoms with van der Waals surface area (Å²) in [6, 6.07) is 1.75. The van der Waals surface area contributed by atoms with Gasteiger partial charge in [0.05, 0.1) is 16.8 Å². The van der Waals surface area contributed by atoms with Gasteiger partial charge < -0.3 is 11.1 Å². The molecule has 2 aromatic heterocycles. The summed E-state index contributed by atoms with van der Waals surface area (Å²) in [6.45, 7) is 0.442.